The van der Waals surface area contributed by atoms with E-state index in [2.05, 4.69) is 4.90 Å². The normalized spacial score (nSPS) is 18.8. The number of morpholine rings is 1. The summed E-state index contributed by atoms with van der Waals surface area (Å²) in [7, 11) is -3.66. The fourth-order valence-electron chi connectivity index (χ4n) is 4.39. The molecule has 2 fully saturated rings. The first kappa shape index (κ1) is 22.7. The third kappa shape index (κ3) is 4.38. The van der Waals surface area contributed by atoms with Gasteiger partial charge in [0.25, 0.3) is 4.84 Å². The second-order valence-corrected chi connectivity index (χ2v) is 10.8. The van der Waals surface area contributed by atoms with Crippen molar-refractivity contribution in [2.45, 2.75) is 43.4 Å². The van der Waals surface area contributed by atoms with Crippen LogP contribution in [0.15, 0.2) is 51.8 Å². The zero-order chi connectivity index (χ0) is 23.2. The van der Waals surface area contributed by atoms with Crippen LogP contribution in [0, 0.1) is 10.7 Å². The average molecular weight is 492 g/mol. The maximum atomic E-state index is 14.5. The molecule has 33 heavy (non-hydrogen) atoms. The highest BCUT2D eigenvalue weighted by Crippen LogP contribution is 2.36. The molecule has 2 aliphatic rings. The Bertz CT molecular complexity index is 1330. The summed E-state index contributed by atoms with van der Waals surface area (Å²) in [5.74, 6) is -0.241. The lowest BCUT2D eigenvalue weighted by Crippen LogP contribution is -2.40. The molecular weight excluding hydrogens is 465 g/mol. The predicted molar refractivity (Wildman–Crippen MR) is 124 cm³/mol. The Morgan fingerprint density at radius 1 is 1.18 bits per heavy atom. The number of oxazole rings is 1. The number of hydrogen-bond donors (Lipinski definition) is 0. The van der Waals surface area contributed by atoms with E-state index in [-0.39, 0.29) is 21.6 Å². The molecule has 1 atom stereocenters. The molecule has 5 rings (SSSR count). The fraction of sp³-hybridized carbons (Fsp3) is 0.435. The molecule has 0 bridgehead atoms. The first-order chi connectivity index (χ1) is 15.9. The molecule has 0 spiro atoms. The minimum absolute atomic E-state index is 0.175. The van der Waals surface area contributed by atoms with E-state index in [9.17, 15) is 12.8 Å². The number of rotatable bonds is 7. The molecule has 1 aliphatic carbocycles. The lowest BCUT2D eigenvalue weighted by atomic mass is 10.1. The topological polar surface area (TPSA) is 67.9 Å². The third-order valence-electron chi connectivity index (χ3n) is 6.42. The summed E-state index contributed by atoms with van der Waals surface area (Å²) in [6, 6.07) is 11.8. The molecule has 1 aromatic heterocycles. The number of benzene rings is 2. The van der Waals surface area contributed by atoms with Gasteiger partial charge in [-0.15, -0.1) is 0 Å². The van der Waals surface area contributed by atoms with Crippen LogP contribution in [0.5, 0.6) is 0 Å². The van der Waals surface area contributed by atoms with Crippen molar-refractivity contribution in [3.05, 3.63) is 58.7 Å². The molecular formula is C23H26FN3O4S2. The minimum atomic E-state index is -3.66. The van der Waals surface area contributed by atoms with Crippen molar-refractivity contribution in [3.8, 4) is 0 Å². The van der Waals surface area contributed by atoms with Crippen LogP contribution in [0.4, 0.5) is 4.39 Å². The van der Waals surface area contributed by atoms with Gasteiger partial charge in [0.2, 0.25) is 10.0 Å². The van der Waals surface area contributed by atoms with Gasteiger partial charge < -0.3 is 9.15 Å². The van der Waals surface area contributed by atoms with Crippen molar-refractivity contribution >= 4 is 33.3 Å². The number of aromatic nitrogens is 1. The molecule has 1 aliphatic heterocycles. The highest BCUT2D eigenvalue weighted by atomic mass is 32.2. The van der Waals surface area contributed by atoms with E-state index in [1.54, 1.807) is 34.9 Å². The average Bonchev–Trinajstić information content (AvgIpc) is 3.61. The molecule has 176 valence electrons. The number of sulfonamides is 1. The van der Waals surface area contributed by atoms with Crippen LogP contribution in [-0.4, -0.2) is 54.5 Å². The molecule has 2 aromatic carbocycles. The summed E-state index contributed by atoms with van der Waals surface area (Å²) in [6.45, 7) is 3.78. The molecule has 1 saturated carbocycles. The van der Waals surface area contributed by atoms with Crippen molar-refractivity contribution in [3.63, 3.8) is 0 Å². The fourth-order valence-corrected chi connectivity index (χ4v) is 6.06. The van der Waals surface area contributed by atoms with Gasteiger partial charge in [-0.2, -0.15) is 4.31 Å². The van der Waals surface area contributed by atoms with Crippen molar-refractivity contribution < 1.29 is 22.0 Å². The Balaban J connectivity index is 1.51. The number of hydrogen-bond acceptors (Lipinski definition) is 6. The van der Waals surface area contributed by atoms with Gasteiger partial charge in [-0.3, -0.25) is 9.47 Å². The van der Waals surface area contributed by atoms with Crippen molar-refractivity contribution in [2.24, 2.45) is 0 Å². The van der Waals surface area contributed by atoms with E-state index in [1.807, 2.05) is 13.0 Å². The smallest absolute Gasteiger partial charge is 0.270 e. The van der Waals surface area contributed by atoms with Gasteiger partial charge in [0, 0.05) is 30.7 Å². The van der Waals surface area contributed by atoms with Crippen molar-refractivity contribution in [2.75, 3.05) is 26.3 Å². The van der Waals surface area contributed by atoms with Crippen molar-refractivity contribution in [1.29, 1.82) is 0 Å². The molecule has 0 amide bonds. The largest absolute Gasteiger partial charge is 0.429 e. The molecule has 10 heteroatoms. The zero-order valence-electron chi connectivity index (χ0n) is 18.3. The lowest BCUT2D eigenvalue weighted by molar-refractivity contribution is 0.0730. The Kier molecular flexibility index (Phi) is 6.13. The maximum Gasteiger partial charge on any atom is 0.270 e. The van der Waals surface area contributed by atoms with Gasteiger partial charge in [-0.1, -0.05) is 18.2 Å². The Labute approximate surface area is 197 Å². The van der Waals surface area contributed by atoms with Crippen LogP contribution >= 0.6 is 12.2 Å². The Hall–Kier alpha value is -2.11. The molecule has 0 N–H and O–H groups in total. The number of halogens is 1. The van der Waals surface area contributed by atoms with Crippen LogP contribution in [0.3, 0.4) is 0 Å². The maximum absolute atomic E-state index is 14.5. The Morgan fingerprint density at radius 2 is 1.91 bits per heavy atom. The van der Waals surface area contributed by atoms with Gasteiger partial charge >= 0.3 is 0 Å². The zero-order valence-corrected chi connectivity index (χ0v) is 19.9. The van der Waals surface area contributed by atoms with E-state index in [4.69, 9.17) is 21.4 Å². The van der Waals surface area contributed by atoms with E-state index in [0.717, 1.165) is 12.8 Å². The minimum Gasteiger partial charge on any atom is -0.429 e. The SMILES string of the molecule is CC(c1ccccc1F)N(Cn1c(=S)oc2ccc(S(=O)(=O)N3CCOCC3)cc21)C1CC1. The predicted octanol–water partition coefficient (Wildman–Crippen LogP) is 4.31. The molecule has 7 nitrogen and oxygen atoms in total. The second-order valence-electron chi connectivity index (χ2n) is 8.53. The van der Waals surface area contributed by atoms with Crippen LogP contribution < -0.4 is 0 Å². The van der Waals surface area contributed by atoms with Gasteiger partial charge in [-0.25, -0.2) is 12.8 Å². The third-order valence-corrected chi connectivity index (χ3v) is 8.62. The van der Waals surface area contributed by atoms with Gasteiger partial charge in [0.05, 0.1) is 30.3 Å². The molecule has 3 aromatic rings. The number of nitrogens with zero attached hydrogens (tertiary/aromatic N) is 3. The molecule has 2 heterocycles. The number of fused-ring (bicyclic) bond motifs is 1. The second kappa shape index (κ2) is 8.92. The summed E-state index contributed by atoms with van der Waals surface area (Å²) in [4.78, 5) is 2.66. The summed E-state index contributed by atoms with van der Waals surface area (Å²) >= 11 is 5.49. The highest BCUT2D eigenvalue weighted by molar-refractivity contribution is 7.89. The standard InChI is InChI=1S/C23H26FN3O4S2/c1-16(19-4-2-3-5-20(19)24)26(17-6-7-17)15-27-21-14-18(8-9-22(21)31-23(27)32)33(28,29)25-10-12-30-13-11-25/h2-5,8-9,14,16-17H,6-7,10-13,15H2,1H3. The first-order valence-corrected chi connectivity index (χ1v) is 12.9. The summed E-state index contributed by atoms with van der Waals surface area (Å²) < 4.78 is 55.2. The van der Waals surface area contributed by atoms with Crippen LogP contribution in [0.25, 0.3) is 11.1 Å². The summed E-state index contributed by atoms with van der Waals surface area (Å²) in [5.41, 5.74) is 1.76. The first-order valence-electron chi connectivity index (χ1n) is 11.1. The highest BCUT2D eigenvalue weighted by Gasteiger charge is 2.34. The van der Waals surface area contributed by atoms with Crippen LogP contribution in [0.2, 0.25) is 0 Å². The molecule has 1 saturated heterocycles. The quantitative estimate of drug-likeness (QED) is 0.459. The number of ether oxygens (including phenoxy) is 1. The van der Waals surface area contributed by atoms with Crippen LogP contribution in [-0.2, 0) is 21.4 Å². The lowest BCUT2D eigenvalue weighted by Gasteiger charge is -2.30. The monoisotopic (exact) mass is 491 g/mol. The van der Waals surface area contributed by atoms with Crippen molar-refractivity contribution in [1.82, 2.24) is 13.8 Å². The van der Waals surface area contributed by atoms with E-state index in [1.165, 1.54) is 10.4 Å². The Morgan fingerprint density at radius 3 is 2.61 bits per heavy atom. The van der Waals surface area contributed by atoms with E-state index < -0.39 is 10.0 Å². The van der Waals surface area contributed by atoms with E-state index in [0.29, 0.717) is 55.7 Å². The van der Waals surface area contributed by atoms with Gasteiger partial charge in [0.1, 0.15) is 5.82 Å². The molecule has 1 unspecified atom stereocenters. The van der Waals surface area contributed by atoms with E-state index >= 15 is 0 Å². The van der Waals surface area contributed by atoms with Crippen LogP contribution in [0.1, 0.15) is 31.4 Å². The van der Waals surface area contributed by atoms with Gasteiger partial charge in [-0.05, 0) is 56.2 Å². The molecule has 0 radical (unpaired) electrons. The summed E-state index contributed by atoms with van der Waals surface area (Å²) in [6.07, 6.45) is 2.05. The van der Waals surface area contributed by atoms with Gasteiger partial charge in [0.15, 0.2) is 5.58 Å². The summed E-state index contributed by atoms with van der Waals surface area (Å²) in [5, 5.41) is 0.